The summed E-state index contributed by atoms with van der Waals surface area (Å²) in [5.41, 5.74) is 1.11. The fraction of sp³-hybridized carbons (Fsp3) is 0.444. The molecule has 19 heavy (non-hydrogen) atoms. The van der Waals surface area contributed by atoms with Gasteiger partial charge in [-0.05, 0) is 35.6 Å². The van der Waals surface area contributed by atoms with Gasteiger partial charge in [0.25, 0.3) is 0 Å². The molecule has 0 heterocycles. The van der Waals surface area contributed by atoms with Crippen molar-refractivity contribution in [2.24, 2.45) is 5.92 Å². The van der Waals surface area contributed by atoms with Crippen LogP contribution in [0.3, 0.4) is 0 Å². The van der Waals surface area contributed by atoms with Crippen molar-refractivity contribution in [2.75, 3.05) is 0 Å². The second-order valence-corrected chi connectivity index (χ2v) is 5.78. The molecule has 2 rings (SSSR count). The SMILES string of the molecule is CC(C)CCCCCc1c(O)ccc2ccccc12. The maximum Gasteiger partial charge on any atom is 0.119 e. The van der Waals surface area contributed by atoms with Crippen molar-refractivity contribution in [3.05, 3.63) is 42.0 Å². The van der Waals surface area contributed by atoms with Gasteiger partial charge in [0.2, 0.25) is 0 Å². The van der Waals surface area contributed by atoms with Crippen molar-refractivity contribution in [3.8, 4) is 5.75 Å². The number of rotatable bonds is 6. The number of phenols is 1. The van der Waals surface area contributed by atoms with E-state index in [1.807, 2.05) is 24.3 Å². The number of aromatic hydroxyl groups is 1. The summed E-state index contributed by atoms with van der Waals surface area (Å²) in [5.74, 6) is 1.24. The van der Waals surface area contributed by atoms with E-state index in [0.717, 1.165) is 24.3 Å². The molecule has 0 saturated heterocycles. The molecular formula is C18H24O. The van der Waals surface area contributed by atoms with Crippen LogP contribution in [0.15, 0.2) is 36.4 Å². The Hall–Kier alpha value is -1.50. The van der Waals surface area contributed by atoms with E-state index in [4.69, 9.17) is 0 Å². The van der Waals surface area contributed by atoms with Gasteiger partial charge in [0.15, 0.2) is 0 Å². The van der Waals surface area contributed by atoms with Crippen molar-refractivity contribution >= 4 is 10.8 Å². The van der Waals surface area contributed by atoms with E-state index >= 15 is 0 Å². The quantitative estimate of drug-likeness (QED) is 0.695. The maximum atomic E-state index is 10.1. The van der Waals surface area contributed by atoms with E-state index < -0.39 is 0 Å². The van der Waals surface area contributed by atoms with Gasteiger partial charge in [0, 0.05) is 5.56 Å². The fourth-order valence-corrected chi connectivity index (χ4v) is 2.62. The zero-order valence-corrected chi connectivity index (χ0v) is 12.0. The van der Waals surface area contributed by atoms with Crippen molar-refractivity contribution in [1.82, 2.24) is 0 Å². The fourth-order valence-electron chi connectivity index (χ4n) is 2.62. The lowest BCUT2D eigenvalue weighted by Crippen LogP contribution is -1.91. The van der Waals surface area contributed by atoms with Crippen molar-refractivity contribution in [1.29, 1.82) is 0 Å². The van der Waals surface area contributed by atoms with Crippen LogP contribution < -0.4 is 0 Å². The predicted molar refractivity (Wildman–Crippen MR) is 82.6 cm³/mol. The maximum absolute atomic E-state index is 10.1. The van der Waals surface area contributed by atoms with E-state index in [1.54, 1.807) is 0 Å². The zero-order chi connectivity index (χ0) is 13.7. The van der Waals surface area contributed by atoms with Gasteiger partial charge in [-0.3, -0.25) is 0 Å². The van der Waals surface area contributed by atoms with Crippen molar-refractivity contribution < 1.29 is 5.11 Å². The summed E-state index contributed by atoms with van der Waals surface area (Å²) >= 11 is 0. The minimum absolute atomic E-state index is 0.447. The van der Waals surface area contributed by atoms with Crippen LogP contribution in [0.2, 0.25) is 0 Å². The van der Waals surface area contributed by atoms with Crippen LogP contribution in [-0.4, -0.2) is 5.11 Å². The summed E-state index contributed by atoms with van der Waals surface area (Å²) in [6.07, 6.45) is 5.99. The Kier molecular flexibility index (Phi) is 4.84. The molecule has 1 N–H and O–H groups in total. The lowest BCUT2D eigenvalue weighted by Gasteiger charge is -2.09. The van der Waals surface area contributed by atoms with Gasteiger partial charge in [0.1, 0.15) is 5.75 Å². The minimum Gasteiger partial charge on any atom is -0.508 e. The Morgan fingerprint density at radius 1 is 0.947 bits per heavy atom. The van der Waals surface area contributed by atoms with Crippen LogP contribution in [0.4, 0.5) is 0 Å². The second-order valence-electron chi connectivity index (χ2n) is 5.78. The molecule has 0 aliphatic rings. The normalized spacial score (nSPS) is 11.3. The van der Waals surface area contributed by atoms with Gasteiger partial charge >= 0.3 is 0 Å². The number of phenolic OH excluding ortho intramolecular Hbond substituents is 1. The summed E-state index contributed by atoms with van der Waals surface area (Å²) in [5, 5.41) is 12.5. The van der Waals surface area contributed by atoms with Crippen LogP contribution in [0.5, 0.6) is 5.75 Å². The standard InChI is InChI=1S/C18H24O/c1-14(2)8-4-3-5-11-17-16-10-7-6-9-15(16)12-13-18(17)19/h6-7,9-10,12-14,19H,3-5,8,11H2,1-2H3. The molecule has 1 nitrogen and oxygen atoms in total. The molecule has 0 atom stereocenters. The van der Waals surface area contributed by atoms with E-state index in [2.05, 4.69) is 26.0 Å². The zero-order valence-electron chi connectivity index (χ0n) is 12.0. The molecule has 0 unspecified atom stereocenters. The van der Waals surface area contributed by atoms with Gasteiger partial charge in [-0.25, -0.2) is 0 Å². The van der Waals surface area contributed by atoms with Crippen LogP contribution in [0.1, 0.15) is 45.1 Å². The molecule has 0 aliphatic heterocycles. The van der Waals surface area contributed by atoms with E-state index in [-0.39, 0.29) is 0 Å². The molecule has 1 heteroatoms. The average Bonchev–Trinajstić information content (AvgIpc) is 2.40. The Balaban J connectivity index is 2.01. The second kappa shape index (κ2) is 6.60. The highest BCUT2D eigenvalue weighted by Gasteiger charge is 2.06. The van der Waals surface area contributed by atoms with E-state index in [1.165, 1.54) is 30.0 Å². The highest BCUT2D eigenvalue weighted by atomic mass is 16.3. The third kappa shape index (κ3) is 3.73. The smallest absolute Gasteiger partial charge is 0.119 e. The van der Waals surface area contributed by atoms with Gasteiger partial charge in [-0.2, -0.15) is 0 Å². The first-order valence-electron chi connectivity index (χ1n) is 7.38. The first-order chi connectivity index (χ1) is 9.18. The molecule has 0 radical (unpaired) electrons. The van der Waals surface area contributed by atoms with Gasteiger partial charge in [-0.1, -0.05) is 63.4 Å². The largest absolute Gasteiger partial charge is 0.508 e. The molecule has 2 aromatic carbocycles. The topological polar surface area (TPSA) is 20.2 Å². The summed E-state index contributed by atoms with van der Waals surface area (Å²) in [4.78, 5) is 0. The van der Waals surface area contributed by atoms with Gasteiger partial charge < -0.3 is 5.11 Å². The molecule has 2 aromatic rings. The summed E-state index contributed by atoms with van der Waals surface area (Å²) in [6, 6.07) is 12.1. The summed E-state index contributed by atoms with van der Waals surface area (Å²) < 4.78 is 0. The molecule has 0 fully saturated rings. The predicted octanol–water partition coefficient (Wildman–Crippen LogP) is 5.30. The Labute approximate surface area is 116 Å². The highest BCUT2D eigenvalue weighted by Crippen LogP contribution is 2.28. The van der Waals surface area contributed by atoms with Crippen molar-refractivity contribution in [3.63, 3.8) is 0 Å². The molecular weight excluding hydrogens is 232 g/mol. The molecule has 0 aromatic heterocycles. The number of hydrogen-bond acceptors (Lipinski definition) is 1. The first-order valence-corrected chi connectivity index (χ1v) is 7.38. The van der Waals surface area contributed by atoms with Crippen LogP contribution in [0.25, 0.3) is 10.8 Å². The van der Waals surface area contributed by atoms with Crippen LogP contribution in [0, 0.1) is 5.92 Å². The summed E-state index contributed by atoms with van der Waals surface area (Å²) in [7, 11) is 0. The molecule has 0 amide bonds. The first kappa shape index (κ1) is 13.9. The monoisotopic (exact) mass is 256 g/mol. The van der Waals surface area contributed by atoms with Gasteiger partial charge in [-0.15, -0.1) is 0 Å². The number of hydrogen-bond donors (Lipinski definition) is 1. The number of benzene rings is 2. The van der Waals surface area contributed by atoms with Crippen LogP contribution >= 0.6 is 0 Å². The van der Waals surface area contributed by atoms with Gasteiger partial charge in [0.05, 0.1) is 0 Å². The van der Waals surface area contributed by atoms with Crippen LogP contribution in [-0.2, 0) is 6.42 Å². The molecule has 0 saturated carbocycles. The summed E-state index contributed by atoms with van der Waals surface area (Å²) in [6.45, 7) is 4.55. The molecule has 0 spiro atoms. The molecule has 0 aliphatic carbocycles. The number of unbranched alkanes of at least 4 members (excludes halogenated alkanes) is 2. The highest BCUT2D eigenvalue weighted by molar-refractivity contribution is 5.87. The van der Waals surface area contributed by atoms with E-state index in [9.17, 15) is 5.11 Å². The third-order valence-corrected chi connectivity index (χ3v) is 3.72. The number of fused-ring (bicyclic) bond motifs is 1. The van der Waals surface area contributed by atoms with E-state index in [0.29, 0.717) is 5.75 Å². The average molecular weight is 256 g/mol. The lowest BCUT2D eigenvalue weighted by molar-refractivity contribution is 0.466. The number of aryl methyl sites for hydroxylation is 1. The minimum atomic E-state index is 0.447. The Morgan fingerprint density at radius 3 is 2.53 bits per heavy atom. The van der Waals surface area contributed by atoms with Crippen molar-refractivity contribution in [2.45, 2.75) is 46.0 Å². The Morgan fingerprint density at radius 2 is 1.74 bits per heavy atom. The molecule has 102 valence electrons. The Bertz CT molecular complexity index is 528. The third-order valence-electron chi connectivity index (χ3n) is 3.72. The lowest BCUT2D eigenvalue weighted by atomic mass is 9.97. The molecule has 0 bridgehead atoms.